The monoisotopic (exact) mass is 441 g/mol. The van der Waals surface area contributed by atoms with Gasteiger partial charge >= 0.3 is 6.03 Å². The summed E-state index contributed by atoms with van der Waals surface area (Å²) in [5.41, 5.74) is 3.44. The van der Waals surface area contributed by atoms with Crippen molar-refractivity contribution in [1.29, 1.82) is 0 Å². The van der Waals surface area contributed by atoms with Gasteiger partial charge in [0.1, 0.15) is 0 Å². The maximum Gasteiger partial charge on any atom is 0.321 e. The van der Waals surface area contributed by atoms with E-state index in [4.69, 9.17) is 23.2 Å². The summed E-state index contributed by atoms with van der Waals surface area (Å²) in [6.07, 6.45) is 0. The molecule has 0 unspecified atom stereocenters. The molecule has 2 amide bonds. The Hall–Kier alpha value is -2.83. The fraction of sp³-hybridized carbons (Fsp3) is 0.227. The molecule has 4 rings (SSSR count). The highest BCUT2D eigenvalue weighted by molar-refractivity contribution is 6.36. The Morgan fingerprint density at radius 3 is 2.30 bits per heavy atom. The quantitative estimate of drug-likeness (QED) is 0.612. The molecule has 1 aliphatic heterocycles. The number of piperazine rings is 1. The van der Waals surface area contributed by atoms with E-state index < -0.39 is 0 Å². The van der Waals surface area contributed by atoms with Crippen molar-refractivity contribution in [1.82, 2.24) is 15.1 Å². The van der Waals surface area contributed by atoms with Gasteiger partial charge in [-0.1, -0.05) is 40.9 Å². The Morgan fingerprint density at radius 1 is 0.933 bits per heavy atom. The number of hydrogen-bond acceptors (Lipinski definition) is 4. The molecule has 0 bridgehead atoms. The molecule has 0 atom stereocenters. The molecule has 1 aliphatic rings. The lowest BCUT2D eigenvalue weighted by molar-refractivity contribution is 0.208. The normalized spacial score (nSPS) is 14.0. The first kappa shape index (κ1) is 20.4. The number of nitrogens with one attached hydrogen (secondary N) is 1. The van der Waals surface area contributed by atoms with Crippen LogP contribution in [0.25, 0.3) is 11.3 Å². The van der Waals surface area contributed by atoms with E-state index in [1.807, 2.05) is 54.3 Å². The number of benzene rings is 2. The van der Waals surface area contributed by atoms with Crippen molar-refractivity contribution in [3.05, 3.63) is 70.2 Å². The maximum atomic E-state index is 12.5. The van der Waals surface area contributed by atoms with Crippen LogP contribution in [0.15, 0.2) is 54.6 Å². The van der Waals surface area contributed by atoms with Crippen LogP contribution < -0.4 is 10.2 Å². The van der Waals surface area contributed by atoms with Gasteiger partial charge in [-0.25, -0.2) is 4.79 Å². The summed E-state index contributed by atoms with van der Waals surface area (Å²) in [6.45, 7) is 4.63. The van der Waals surface area contributed by atoms with Crippen LogP contribution in [0.1, 0.15) is 5.56 Å². The number of anilines is 2. The van der Waals surface area contributed by atoms with E-state index in [0.717, 1.165) is 22.6 Å². The Morgan fingerprint density at radius 2 is 1.67 bits per heavy atom. The molecular formula is C22H21Cl2N5O. The van der Waals surface area contributed by atoms with Crippen LogP contribution in [-0.2, 0) is 0 Å². The van der Waals surface area contributed by atoms with Crippen molar-refractivity contribution >= 4 is 40.7 Å². The second-order valence-corrected chi connectivity index (χ2v) is 8.01. The summed E-state index contributed by atoms with van der Waals surface area (Å²) < 4.78 is 0. The van der Waals surface area contributed by atoms with E-state index in [1.54, 1.807) is 12.1 Å². The van der Waals surface area contributed by atoms with Gasteiger partial charge in [0.05, 0.1) is 10.7 Å². The SMILES string of the molecule is Cc1ccc(NC(=O)N2CCN(c3ccc(-c4ccc(Cl)cc4Cl)nn3)CC2)cc1. The lowest BCUT2D eigenvalue weighted by atomic mass is 10.1. The zero-order valence-corrected chi connectivity index (χ0v) is 18.0. The third kappa shape index (κ3) is 4.66. The van der Waals surface area contributed by atoms with Gasteiger partial charge in [-0.3, -0.25) is 0 Å². The fourth-order valence-electron chi connectivity index (χ4n) is 3.31. The van der Waals surface area contributed by atoms with Crippen molar-refractivity contribution in [2.75, 3.05) is 36.4 Å². The molecule has 2 heterocycles. The summed E-state index contributed by atoms with van der Waals surface area (Å²) >= 11 is 12.2. The van der Waals surface area contributed by atoms with Gasteiger partial charge < -0.3 is 15.1 Å². The minimum absolute atomic E-state index is 0.0858. The summed E-state index contributed by atoms with van der Waals surface area (Å²) in [7, 11) is 0. The van der Waals surface area contributed by atoms with Crippen molar-refractivity contribution in [3.8, 4) is 11.3 Å². The van der Waals surface area contributed by atoms with Gasteiger partial charge in [-0.2, -0.15) is 0 Å². The average molecular weight is 442 g/mol. The van der Waals surface area contributed by atoms with Crippen LogP contribution in [-0.4, -0.2) is 47.3 Å². The van der Waals surface area contributed by atoms with Crippen LogP contribution in [0.2, 0.25) is 10.0 Å². The number of hydrogen-bond donors (Lipinski definition) is 1. The van der Waals surface area contributed by atoms with Crippen LogP contribution >= 0.6 is 23.2 Å². The maximum absolute atomic E-state index is 12.5. The number of carbonyl (C=O) groups is 1. The van der Waals surface area contributed by atoms with Crippen LogP contribution in [0.3, 0.4) is 0 Å². The standard InChI is InChI=1S/C22H21Cl2N5O/c1-15-2-5-17(6-3-15)25-22(30)29-12-10-28(11-13-29)21-9-8-20(26-27-21)18-7-4-16(23)14-19(18)24/h2-9,14H,10-13H2,1H3,(H,25,30). The van der Waals surface area contributed by atoms with Gasteiger partial charge in [0, 0.05) is 42.5 Å². The largest absolute Gasteiger partial charge is 0.352 e. The highest BCUT2D eigenvalue weighted by Crippen LogP contribution is 2.29. The van der Waals surface area contributed by atoms with E-state index in [2.05, 4.69) is 20.4 Å². The van der Waals surface area contributed by atoms with Crippen LogP contribution in [0.4, 0.5) is 16.3 Å². The van der Waals surface area contributed by atoms with Crippen molar-refractivity contribution in [2.24, 2.45) is 0 Å². The summed E-state index contributed by atoms with van der Waals surface area (Å²) in [5.74, 6) is 0.780. The first-order valence-corrected chi connectivity index (χ1v) is 10.4. The third-order valence-corrected chi connectivity index (χ3v) is 5.60. The van der Waals surface area contributed by atoms with Gasteiger partial charge in [-0.15, -0.1) is 10.2 Å². The molecule has 1 fully saturated rings. The van der Waals surface area contributed by atoms with Gasteiger partial charge in [0.2, 0.25) is 0 Å². The third-order valence-electron chi connectivity index (χ3n) is 5.05. The number of rotatable bonds is 3. The van der Waals surface area contributed by atoms with E-state index in [-0.39, 0.29) is 6.03 Å². The van der Waals surface area contributed by atoms with Crippen molar-refractivity contribution in [3.63, 3.8) is 0 Å². The number of urea groups is 1. The highest BCUT2D eigenvalue weighted by Gasteiger charge is 2.22. The van der Waals surface area contributed by atoms with Gasteiger partial charge in [-0.05, 0) is 49.4 Å². The Balaban J connectivity index is 1.35. The minimum atomic E-state index is -0.0858. The number of nitrogens with zero attached hydrogens (tertiary/aromatic N) is 4. The van der Waals surface area contributed by atoms with E-state index >= 15 is 0 Å². The molecule has 0 saturated carbocycles. The predicted octanol–water partition coefficient (Wildman–Crippen LogP) is 5.11. The average Bonchev–Trinajstić information content (AvgIpc) is 2.76. The topological polar surface area (TPSA) is 61.4 Å². The van der Waals surface area contributed by atoms with Crippen molar-refractivity contribution < 1.29 is 4.79 Å². The molecule has 8 heteroatoms. The lowest BCUT2D eigenvalue weighted by Gasteiger charge is -2.35. The van der Waals surface area contributed by atoms with Crippen LogP contribution in [0.5, 0.6) is 0 Å². The first-order chi connectivity index (χ1) is 14.5. The molecular weight excluding hydrogens is 421 g/mol. The molecule has 1 N–H and O–H groups in total. The molecule has 0 radical (unpaired) electrons. The molecule has 0 spiro atoms. The zero-order chi connectivity index (χ0) is 21.1. The first-order valence-electron chi connectivity index (χ1n) is 9.66. The number of carbonyl (C=O) groups excluding carboxylic acids is 1. The predicted molar refractivity (Wildman–Crippen MR) is 121 cm³/mol. The second kappa shape index (κ2) is 8.90. The second-order valence-electron chi connectivity index (χ2n) is 7.17. The number of aryl methyl sites for hydroxylation is 1. The van der Waals surface area contributed by atoms with Gasteiger partial charge in [0.15, 0.2) is 5.82 Å². The van der Waals surface area contributed by atoms with E-state index in [0.29, 0.717) is 41.9 Å². The number of amides is 2. The molecule has 30 heavy (non-hydrogen) atoms. The van der Waals surface area contributed by atoms with E-state index in [1.165, 1.54) is 0 Å². The minimum Gasteiger partial charge on any atom is -0.352 e. The summed E-state index contributed by atoms with van der Waals surface area (Å²) in [4.78, 5) is 16.4. The molecule has 154 valence electrons. The smallest absolute Gasteiger partial charge is 0.321 e. The number of halogens is 2. The fourth-order valence-corrected chi connectivity index (χ4v) is 3.82. The zero-order valence-electron chi connectivity index (χ0n) is 16.5. The lowest BCUT2D eigenvalue weighted by Crippen LogP contribution is -2.50. The van der Waals surface area contributed by atoms with Crippen molar-refractivity contribution in [2.45, 2.75) is 6.92 Å². The number of aromatic nitrogens is 2. The summed E-state index contributed by atoms with van der Waals surface area (Å²) in [5, 5.41) is 12.7. The molecule has 0 aliphatic carbocycles. The molecule has 1 aromatic heterocycles. The molecule has 3 aromatic rings. The van der Waals surface area contributed by atoms with Gasteiger partial charge in [0.25, 0.3) is 0 Å². The van der Waals surface area contributed by atoms with E-state index in [9.17, 15) is 4.79 Å². The molecule has 6 nitrogen and oxygen atoms in total. The highest BCUT2D eigenvalue weighted by atomic mass is 35.5. The summed E-state index contributed by atoms with van der Waals surface area (Å²) in [6, 6.07) is 16.8. The molecule has 1 saturated heterocycles. The Kier molecular flexibility index (Phi) is 6.06. The Labute approximate surface area is 185 Å². The Bertz CT molecular complexity index is 1030. The molecule has 2 aromatic carbocycles. The van der Waals surface area contributed by atoms with Crippen LogP contribution in [0, 0.1) is 6.92 Å².